The van der Waals surface area contributed by atoms with Gasteiger partial charge in [-0.2, -0.15) is 0 Å². The van der Waals surface area contributed by atoms with Crippen molar-refractivity contribution in [3.05, 3.63) is 36.4 Å². The molecule has 0 saturated carbocycles. The van der Waals surface area contributed by atoms with Crippen molar-refractivity contribution in [3.63, 3.8) is 0 Å². The Hall–Kier alpha value is -1.48. The molecule has 0 aliphatic carbocycles. The van der Waals surface area contributed by atoms with Crippen LogP contribution in [0.1, 0.15) is 24.4 Å². The zero-order valence-corrected chi connectivity index (χ0v) is 8.94. The number of aromatic hydroxyl groups is 1. The summed E-state index contributed by atoms with van der Waals surface area (Å²) in [6, 6.07) is 5.16. The van der Waals surface area contributed by atoms with Crippen molar-refractivity contribution in [3.8, 4) is 11.5 Å². The largest absolute Gasteiger partial charge is 0.504 e. The highest BCUT2D eigenvalue weighted by Crippen LogP contribution is 2.33. The van der Waals surface area contributed by atoms with Crippen LogP contribution in [0, 0.1) is 0 Å². The van der Waals surface area contributed by atoms with Crippen molar-refractivity contribution in [2.75, 3.05) is 7.11 Å². The van der Waals surface area contributed by atoms with E-state index in [2.05, 4.69) is 6.58 Å². The number of phenols is 1. The van der Waals surface area contributed by atoms with Gasteiger partial charge in [0.25, 0.3) is 0 Å². The highest BCUT2D eigenvalue weighted by Gasteiger charge is 2.13. The van der Waals surface area contributed by atoms with Gasteiger partial charge in [-0.15, -0.1) is 6.58 Å². The van der Waals surface area contributed by atoms with Gasteiger partial charge in [0.15, 0.2) is 11.5 Å². The molecular formula is C12H17NO2. The van der Waals surface area contributed by atoms with Crippen molar-refractivity contribution in [2.45, 2.75) is 18.9 Å². The normalized spacial score (nSPS) is 12.1. The van der Waals surface area contributed by atoms with Gasteiger partial charge in [0.2, 0.25) is 0 Å². The maximum Gasteiger partial charge on any atom is 0.162 e. The quantitative estimate of drug-likeness (QED) is 0.729. The first kappa shape index (κ1) is 11.6. The Kier molecular flexibility index (Phi) is 4.18. The second kappa shape index (κ2) is 5.41. The SMILES string of the molecule is C=CCC[C@@H](N)c1cccc(OC)c1O. The topological polar surface area (TPSA) is 55.5 Å². The lowest BCUT2D eigenvalue weighted by atomic mass is 10.0. The number of ether oxygens (including phenoxy) is 1. The first-order valence-corrected chi connectivity index (χ1v) is 4.93. The van der Waals surface area contributed by atoms with Crippen LogP contribution < -0.4 is 10.5 Å². The zero-order chi connectivity index (χ0) is 11.3. The lowest BCUT2D eigenvalue weighted by molar-refractivity contribution is 0.368. The molecule has 3 heteroatoms. The van der Waals surface area contributed by atoms with Gasteiger partial charge in [-0.1, -0.05) is 18.2 Å². The van der Waals surface area contributed by atoms with Gasteiger partial charge in [-0.25, -0.2) is 0 Å². The Bertz CT molecular complexity index is 336. The van der Waals surface area contributed by atoms with Gasteiger partial charge >= 0.3 is 0 Å². The molecule has 0 bridgehead atoms. The Balaban J connectivity index is 2.88. The first-order valence-electron chi connectivity index (χ1n) is 4.93. The molecule has 1 rings (SSSR count). The van der Waals surface area contributed by atoms with Crippen LogP contribution in [-0.2, 0) is 0 Å². The third kappa shape index (κ3) is 2.73. The fraction of sp³-hybridized carbons (Fsp3) is 0.333. The van der Waals surface area contributed by atoms with Gasteiger partial charge in [0.1, 0.15) is 0 Å². The predicted molar refractivity (Wildman–Crippen MR) is 61.0 cm³/mol. The molecule has 0 radical (unpaired) electrons. The summed E-state index contributed by atoms with van der Waals surface area (Å²) in [6.45, 7) is 3.64. The van der Waals surface area contributed by atoms with Crippen molar-refractivity contribution < 1.29 is 9.84 Å². The number of methoxy groups -OCH3 is 1. The molecule has 1 atom stereocenters. The molecule has 0 heterocycles. The zero-order valence-electron chi connectivity index (χ0n) is 8.94. The number of rotatable bonds is 5. The van der Waals surface area contributed by atoms with Gasteiger partial charge in [0.05, 0.1) is 7.11 Å². The van der Waals surface area contributed by atoms with Crippen LogP contribution in [0.3, 0.4) is 0 Å². The maximum absolute atomic E-state index is 9.83. The molecule has 0 unspecified atom stereocenters. The van der Waals surface area contributed by atoms with E-state index >= 15 is 0 Å². The highest BCUT2D eigenvalue weighted by atomic mass is 16.5. The van der Waals surface area contributed by atoms with Gasteiger partial charge in [0, 0.05) is 11.6 Å². The Morgan fingerprint density at radius 1 is 1.60 bits per heavy atom. The fourth-order valence-corrected chi connectivity index (χ4v) is 1.46. The lowest BCUT2D eigenvalue weighted by Crippen LogP contribution is -2.10. The summed E-state index contributed by atoms with van der Waals surface area (Å²) in [5, 5.41) is 9.83. The van der Waals surface area contributed by atoms with Crippen LogP contribution in [0.25, 0.3) is 0 Å². The molecule has 0 amide bonds. The average Bonchev–Trinajstić information content (AvgIpc) is 2.26. The molecular weight excluding hydrogens is 190 g/mol. The Morgan fingerprint density at radius 2 is 2.33 bits per heavy atom. The minimum Gasteiger partial charge on any atom is -0.504 e. The smallest absolute Gasteiger partial charge is 0.162 e. The number of benzene rings is 1. The molecule has 15 heavy (non-hydrogen) atoms. The minimum atomic E-state index is -0.182. The predicted octanol–water partition coefficient (Wildman–Crippen LogP) is 2.37. The van der Waals surface area contributed by atoms with E-state index in [1.807, 2.05) is 18.2 Å². The van der Waals surface area contributed by atoms with Crippen molar-refractivity contribution in [1.82, 2.24) is 0 Å². The molecule has 3 nitrogen and oxygen atoms in total. The highest BCUT2D eigenvalue weighted by molar-refractivity contribution is 5.46. The Labute approximate surface area is 90.2 Å². The number of para-hydroxylation sites is 1. The molecule has 3 N–H and O–H groups in total. The summed E-state index contributed by atoms with van der Waals surface area (Å²) in [6.07, 6.45) is 3.42. The van der Waals surface area contributed by atoms with Gasteiger partial charge in [-0.3, -0.25) is 0 Å². The summed E-state index contributed by atoms with van der Waals surface area (Å²) >= 11 is 0. The van der Waals surface area contributed by atoms with Crippen LogP contribution in [0.4, 0.5) is 0 Å². The van der Waals surface area contributed by atoms with Crippen LogP contribution in [-0.4, -0.2) is 12.2 Å². The molecule has 0 aliphatic heterocycles. The number of nitrogens with two attached hydrogens (primary N) is 1. The van der Waals surface area contributed by atoms with Crippen molar-refractivity contribution >= 4 is 0 Å². The summed E-state index contributed by atoms with van der Waals surface area (Å²) in [5.41, 5.74) is 6.66. The number of allylic oxidation sites excluding steroid dienone is 1. The molecule has 0 spiro atoms. The van der Waals surface area contributed by atoms with Gasteiger partial charge in [-0.05, 0) is 18.9 Å². The van der Waals surface area contributed by atoms with E-state index in [-0.39, 0.29) is 11.8 Å². The number of hydrogen-bond acceptors (Lipinski definition) is 3. The summed E-state index contributed by atoms with van der Waals surface area (Å²) in [4.78, 5) is 0. The summed E-state index contributed by atoms with van der Waals surface area (Å²) in [7, 11) is 1.52. The minimum absolute atomic E-state index is 0.136. The fourth-order valence-electron chi connectivity index (χ4n) is 1.46. The van der Waals surface area contributed by atoms with Crippen molar-refractivity contribution in [2.24, 2.45) is 5.73 Å². The second-order valence-corrected chi connectivity index (χ2v) is 3.37. The molecule has 0 aliphatic rings. The maximum atomic E-state index is 9.83. The molecule has 0 saturated heterocycles. The van der Waals surface area contributed by atoms with Crippen LogP contribution in [0.5, 0.6) is 11.5 Å². The molecule has 1 aromatic rings. The van der Waals surface area contributed by atoms with E-state index < -0.39 is 0 Å². The lowest BCUT2D eigenvalue weighted by Gasteiger charge is -2.14. The van der Waals surface area contributed by atoms with Gasteiger partial charge < -0.3 is 15.6 Å². The number of hydrogen-bond donors (Lipinski definition) is 2. The standard InChI is InChI=1S/C12H17NO2/c1-3-4-7-10(13)9-6-5-8-11(15-2)12(9)14/h3,5-6,8,10,14H,1,4,7,13H2,2H3/t10-/m1/s1. The third-order valence-electron chi connectivity index (χ3n) is 2.33. The molecule has 1 aromatic carbocycles. The van der Waals surface area contributed by atoms with E-state index in [1.165, 1.54) is 7.11 Å². The average molecular weight is 207 g/mol. The van der Waals surface area contributed by atoms with Crippen molar-refractivity contribution in [1.29, 1.82) is 0 Å². The molecule has 0 fully saturated rings. The summed E-state index contributed by atoms with van der Waals surface area (Å²) < 4.78 is 5.01. The molecule has 82 valence electrons. The summed E-state index contributed by atoms with van der Waals surface area (Å²) in [5.74, 6) is 0.595. The molecule has 0 aromatic heterocycles. The van der Waals surface area contributed by atoms with E-state index in [4.69, 9.17) is 10.5 Å². The Morgan fingerprint density at radius 3 is 2.93 bits per heavy atom. The number of phenolic OH excluding ortho intramolecular Hbond substituents is 1. The second-order valence-electron chi connectivity index (χ2n) is 3.37. The van der Waals surface area contributed by atoms with Crippen LogP contribution in [0.2, 0.25) is 0 Å². The monoisotopic (exact) mass is 207 g/mol. The first-order chi connectivity index (χ1) is 7.20. The van der Waals surface area contributed by atoms with Crippen LogP contribution >= 0.6 is 0 Å². The van der Waals surface area contributed by atoms with E-state index in [9.17, 15) is 5.11 Å². The van der Waals surface area contributed by atoms with E-state index in [0.717, 1.165) is 18.4 Å². The third-order valence-corrected chi connectivity index (χ3v) is 2.33. The van der Waals surface area contributed by atoms with Crippen LogP contribution in [0.15, 0.2) is 30.9 Å². The van der Waals surface area contributed by atoms with E-state index in [1.54, 1.807) is 6.07 Å². The van der Waals surface area contributed by atoms with E-state index in [0.29, 0.717) is 5.75 Å².